The summed E-state index contributed by atoms with van der Waals surface area (Å²) in [5, 5.41) is 18.7. The van der Waals surface area contributed by atoms with Crippen molar-refractivity contribution in [1.82, 2.24) is 4.90 Å². The van der Waals surface area contributed by atoms with Gasteiger partial charge in [-0.05, 0) is 37.6 Å². The fraction of sp³-hybridized carbons (Fsp3) is 0.500. The van der Waals surface area contributed by atoms with Gasteiger partial charge in [0.1, 0.15) is 0 Å². The van der Waals surface area contributed by atoms with Crippen LogP contribution in [0.2, 0.25) is 0 Å². The number of likely N-dealkylation sites (N-methyl/N-ethyl adjacent to an activating group) is 1. The van der Waals surface area contributed by atoms with Crippen LogP contribution in [0.5, 0.6) is 0 Å². The molecule has 0 radical (unpaired) electrons. The average molecular weight is 251 g/mol. The number of nitrogens with zero attached hydrogens (tertiary/aromatic N) is 1. The van der Waals surface area contributed by atoms with Crippen molar-refractivity contribution >= 4 is 5.97 Å². The summed E-state index contributed by atoms with van der Waals surface area (Å²) < 4.78 is 0. The summed E-state index contributed by atoms with van der Waals surface area (Å²) in [6.07, 6.45) is -0.487. The van der Waals surface area contributed by atoms with Gasteiger partial charge in [-0.2, -0.15) is 0 Å². The summed E-state index contributed by atoms with van der Waals surface area (Å²) in [7, 11) is 1.81. The van der Waals surface area contributed by atoms with E-state index in [4.69, 9.17) is 5.11 Å². The lowest BCUT2D eigenvalue weighted by Crippen LogP contribution is -2.27. The van der Waals surface area contributed by atoms with Gasteiger partial charge >= 0.3 is 5.97 Å². The molecule has 0 amide bonds. The molecule has 1 unspecified atom stereocenters. The SMILES string of the molecule is Cc1ccc(C(O)CN(C)CCC(=O)O)cc1C. The van der Waals surface area contributed by atoms with E-state index in [1.54, 1.807) is 0 Å². The molecule has 1 aromatic carbocycles. The predicted octanol–water partition coefficient (Wildman–Crippen LogP) is 1.74. The van der Waals surface area contributed by atoms with Gasteiger partial charge in [0.05, 0.1) is 12.5 Å². The molecule has 0 bridgehead atoms. The van der Waals surface area contributed by atoms with Crippen LogP contribution in [0.4, 0.5) is 0 Å². The van der Waals surface area contributed by atoms with E-state index in [0.717, 1.165) is 11.1 Å². The van der Waals surface area contributed by atoms with Crippen molar-refractivity contribution in [1.29, 1.82) is 0 Å². The van der Waals surface area contributed by atoms with Gasteiger partial charge in [0, 0.05) is 13.1 Å². The minimum atomic E-state index is -0.817. The Balaban J connectivity index is 2.56. The predicted molar refractivity (Wildman–Crippen MR) is 70.6 cm³/mol. The van der Waals surface area contributed by atoms with E-state index in [2.05, 4.69) is 0 Å². The number of aliphatic hydroxyl groups excluding tert-OH is 1. The van der Waals surface area contributed by atoms with Crippen molar-refractivity contribution in [3.8, 4) is 0 Å². The molecule has 0 saturated carbocycles. The second-order valence-electron chi connectivity index (χ2n) is 4.77. The Morgan fingerprint density at radius 1 is 1.33 bits per heavy atom. The molecule has 2 N–H and O–H groups in total. The van der Waals surface area contributed by atoms with Crippen LogP contribution in [0.15, 0.2) is 18.2 Å². The Bertz CT molecular complexity index is 418. The normalized spacial score (nSPS) is 12.7. The molecule has 4 nitrogen and oxygen atoms in total. The number of carboxylic acids is 1. The summed E-state index contributed by atoms with van der Waals surface area (Å²) in [5.74, 6) is -0.817. The highest BCUT2D eigenvalue weighted by atomic mass is 16.4. The first-order valence-corrected chi connectivity index (χ1v) is 6.05. The van der Waals surface area contributed by atoms with E-state index in [9.17, 15) is 9.90 Å². The van der Waals surface area contributed by atoms with E-state index < -0.39 is 12.1 Å². The van der Waals surface area contributed by atoms with Gasteiger partial charge in [-0.3, -0.25) is 4.79 Å². The minimum Gasteiger partial charge on any atom is -0.481 e. The minimum absolute atomic E-state index is 0.0934. The Morgan fingerprint density at radius 2 is 2.00 bits per heavy atom. The first-order valence-electron chi connectivity index (χ1n) is 6.05. The lowest BCUT2D eigenvalue weighted by Gasteiger charge is -2.20. The molecule has 0 fully saturated rings. The van der Waals surface area contributed by atoms with E-state index in [0.29, 0.717) is 13.1 Å². The monoisotopic (exact) mass is 251 g/mol. The fourth-order valence-electron chi connectivity index (χ4n) is 1.75. The van der Waals surface area contributed by atoms with Crippen LogP contribution in [-0.4, -0.2) is 41.2 Å². The zero-order chi connectivity index (χ0) is 13.7. The van der Waals surface area contributed by atoms with Gasteiger partial charge < -0.3 is 15.1 Å². The van der Waals surface area contributed by atoms with Crippen LogP contribution in [0.25, 0.3) is 0 Å². The molecule has 4 heteroatoms. The van der Waals surface area contributed by atoms with Gasteiger partial charge in [-0.1, -0.05) is 18.2 Å². The van der Waals surface area contributed by atoms with Crippen LogP contribution in [0.3, 0.4) is 0 Å². The maximum Gasteiger partial charge on any atom is 0.304 e. The highest BCUT2D eigenvalue weighted by molar-refractivity contribution is 5.66. The van der Waals surface area contributed by atoms with Crippen molar-refractivity contribution in [2.24, 2.45) is 0 Å². The number of hydrogen-bond acceptors (Lipinski definition) is 3. The Morgan fingerprint density at radius 3 is 2.56 bits per heavy atom. The van der Waals surface area contributed by atoms with Crippen molar-refractivity contribution in [3.63, 3.8) is 0 Å². The van der Waals surface area contributed by atoms with Crippen LogP contribution in [-0.2, 0) is 4.79 Å². The van der Waals surface area contributed by atoms with E-state index in [-0.39, 0.29) is 6.42 Å². The zero-order valence-electron chi connectivity index (χ0n) is 11.2. The van der Waals surface area contributed by atoms with Gasteiger partial charge in [0.15, 0.2) is 0 Å². The summed E-state index contributed by atoms with van der Waals surface area (Å²) in [6.45, 7) is 4.93. The number of aliphatic carboxylic acids is 1. The molecule has 100 valence electrons. The molecule has 0 aliphatic carbocycles. The number of aliphatic hydroxyl groups is 1. The second-order valence-corrected chi connectivity index (χ2v) is 4.77. The van der Waals surface area contributed by atoms with Crippen molar-refractivity contribution in [3.05, 3.63) is 34.9 Å². The molecular weight excluding hydrogens is 230 g/mol. The van der Waals surface area contributed by atoms with E-state index in [1.807, 2.05) is 44.0 Å². The molecule has 1 atom stereocenters. The molecule has 0 aliphatic heterocycles. The van der Waals surface area contributed by atoms with Crippen molar-refractivity contribution in [2.45, 2.75) is 26.4 Å². The highest BCUT2D eigenvalue weighted by Crippen LogP contribution is 2.17. The molecule has 0 aliphatic rings. The number of hydrogen-bond donors (Lipinski definition) is 2. The first kappa shape index (κ1) is 14.7. The number of rotatable bonds is 6. The zero-order valence-corrected chi connectivity index (χ0v) is 11.2. The largest absolute Gasteiger partial charge is 0.481 e. The van der Waals surface area contributed by atoms with E-state index >= 15 is 0 Å². The molecule has 0 heterocycles. The highest BCUT2D eigenvalue weighted by Gasteiger charge is 2.12. The Hall–Kier alpha value is -1.39. The van der Waals surface area contributed by atoms with Crippen LogP contribution < -0.4 is 0 Å². The Labute approximate surface area is 108 Å². The molecular formula is C14H21NO3. The van der Waals surface area contributed by atoms with Crippen molar-refractivity contribution in [2.75, 3.05) is 20.1 Å². The molecule has 0 saturated heterocycles. The Kier molecular flexibility index (Phi) is 5.31. The molecule has 0 aromatic heterocycles. The number of carbonyl (C=O) groups is 1. The number of carboxylic acid groups (broad SMARTS) is 1. The number of benzene rings is 1. The summed E-state index contributed by atoms with van der Waals surface area (Å²) in [6, 6.07) is 5.88. The van der Waals surface area contributed by atoms with Gasteiger partial charge in [-0.25, -0.2) is 0 Å². The molecule has 0 spiro atoms. The molecule has 1 aromatic rings. The standard InChI is InChI=1S/C14H21NO3/c1-10-4-5-12(8-11(10)2)13(16)9-15(3)7-6-14(17)18/h4-5,8,13,16H,6-7,9H2,1-3H3,(H,17,18). The van der Waals surface area contributed by atoms with E-state index in [1.165, 1.54) is 5.56 Å². The molecule has 18 heavy (non-hydrogen) atoms. The van der Waals surface area contributed by atoms with Crippen LogP contribution in [0, 0.1) is 13.8 Å². The van der Waals surface area contributed by atoms with Crippen molar-refractivity contribution < 1.29 is 15.0 Å². The third kappa shape index (κ3) is 4.47. The molecule has 1 rings (SSSR count). The maximum atomic E-state index is 10.5. The van der Waals surface area contributed by atoms with Crippen LogP contribution in [0.1, 0.15) is 29.2 Å². The summed E-state index contributed by atoms with van der Waals surface area (Å²) >= 11 is 0. The topological polar surface area (TPSA) is 60.8 Å². The summed E-state index contributed by atoms with van der Waals surface area (Å²) in [4.78, 5) is 12.3. The third-order valence-electron chi connectivity index (χ3n) is 3.11. The lowest BCUT2D eigenvalue weighted by atomic mass is 10.0. The third-order valence-corrected chi connectivity index (χ3v) is 3.11. The lowest BCUT2D eigenvalue weighted by molar-refractivity contribution is -0.137. The second kappa shape index (κ2) is 6.52. The first-order chi connectivity index (χ1) is 8.40. The summed E-state index contributed by atoms with van der Waals surface area (Å²) in [5.41, 5.74) is 3.23. The number of aryl methyl sites for hydroxylation is 2. The van der Waals surface area contributed by atoms with Gasteiger partial charge in [0.25, 0.3) is 0 Å². The fourth-order valence-corrected chi connectivity index (χ4v) is 1.75. The van der Waals surface area contributed by atoms with Gasteiger partial charge in [-0.15, -0.1) is 0 Å². The smallest absolute Gasteiger partial charge is 0.304 e. The van der Waals surface area contributed by atoms with Gasteiger partial charge in [0.2, 0.25) is 0 Å². The quantitative estimate of drug-likeness (QED) is 0.808. The maximum absolute atomic E-state index is 10.5. The average Bonchev–Trinajstić information content (AvgIpc) is 2.30. The van der Waals surface area contributed by atoms with Crippen LogP contribution >= 0.6 is 0 Å².